The average molecular weight is 286 g/mol. The van der Waals surface area contributed by atoms with Crippen LogP contribution in [0.4, 0.5) is 0 Å². The molecule has 5 nitrogen and oxygen atoms in total. The molecule has 2 heterocycles. The molecule has 2 aromatic rings. The van der Waals surface area contributed by atoms with Crippen molar-refractivity contribution in [1.29, 1.82) is 0 Å². The number of carbonyl (C=O) groups is 2. The van der Waals surface area contributed by atoms with Gasteiger partial charge >= 0.3 is 0 Å². The minimum Gasteiger partial charge on any atom is -0.459 e. The van der Waals surface area contributed by atoms with Crippen molar-refractivity contribution in [3.63, 3.8) is 0 Å². The second-order valence-corrected chi connectivity index (χ2v) is 5.66. The van der Waals surface area contributed by atoms with Gasteiger partial charge in [-0.3, -0.25) is 14.5 Å². The maximum absolute atomic E-state index is 12.1. The van der Waals surface area contributed by atoms with Crippen molar-refractivity contribution in [3.05, 3.63) is 36.1 Å². The third-order valence-corrected chi connectivity index (χ3v) is 4.25. The second kappa shape index (κ2) is 5.00. The average Bonchev–Trinajstić information content (AvgIpc) is 2.99. The van der Waals surface area contributed by atoms with Crippen LogP contribution in [-0.4, -0.2) is 23.3 Å². The Bertz CT molecular complexity index is 653. The first-order chi connectivity index (χ1) is 9.99. The van der Waals surface area contributed by atoms with E-state index in [0.29, 0.717) is 5.76 Å². The number of amides is 2. The van der Waals surface area contributed by atoms with Crippen molar-refractivity contribution in [2.24, 2.45) is 17.6 Å². The fourth-order valence-electron chi connectivity index (χ4n) is 2.68. The number of para-hydroxylation sites is 1. The molecule has 0 radical (unpaired) electrons. The molecule has 0 aliphatic carbocycles. The molecule has 2 N–H and O–H groups in total. The van der Waals surface area contributed by atoms with E-state index in [1.54, 1.807) is 13.8 Å². The minimum absolute atomic E-state index is 0.154. The highest BCUT2D eigenvalue weighted by molar-refractivity contribution is 6.04. The van der Waals surface area contributed by atoms with Crippen LogP contribution in [0.3, 0.4) is 0 Å². The summed E-state index contributed by atoms with van der Waals surface area (Å²) in [7, 11) is 0. The lowest BCUT2D eigenvalue weighted by Gasteiger charge is -2.18. The Morgan fingerprint density at radius 1 is 1.19 bits per heavy atom. The third kappa shape index (κ3) is 2.23. The molecule has 3 atom stereocenters. The summed E-state index contributed by atoms with van der Waals surface area (Å²) in [5.41, 5.74) is 6.87. The van der Waals surface area contributed by atoms with E-state index in [2.05, 4.69) is 0 Å². The molecule has 21 heavy (non-hydrogen) atoms. The van der Waals surface area contributed by atoms with Gasteiger partial charge in [-0.1, -0.05) is 32.0 Å². The van der Waals surface area contributed by atoms with Crippen LogP contribution < -0.4 is 5.73 Å². The highest BCUT2D eigenvalue weighted by atomic mass is 16.3. The monoisotopic (exact) mass is 286 g/mol. The molecule has 0 spiro atoms. The molecule has 2 amide bonds. The molecule has 1 aromatic carbocycles. The van der Waals surface area contributed by atoms with Crippen LogP contribution in [0.5, 0.6) is 0 Å². The van der Waals surface area contributed by atoms with Crippen LogP contribution in [0.25, 0.3) is 11.0 Å². The van der Waals surface area contributed by atoms with Gasteiger partial charge in [0, 0.05) is 17.2 Å². The quantitative estimate of drug-likeness (QED) is 0.876. The summed E-state index contributed by atoms with van der Waals surface area (Å²) in [4.78, 5) is 25.4. The summed E-state index contributed by atoms with van der Waals surface area (Å²) in [6, 6.07) is 8.95. The standard InChI is InChI=1S/C16H18N2O3/c1-9-10(2)16(20)18(15(9)19)8-12(17)14-7-11-5-3-4-6-13(11)21-14/h3-7,9-10,12H,8,17H2,1-2H3. The van der Waals surface area contributed by atoms with Crippen LogP contribution in [0.1, 0.15) is 25.6 Å². The number of fused-ring (bicyclic) bond motifs is 1. The zero-order valence-electron chi connectivity index (χ0n) is 12.1. The molecule has 5 heteroatoms. The topological polar surface area (TPSA) is 76.5 Å². The van der Waals surface area contributed by atoms with Gasteiger partial charge in [0.05, 0.1) is 12.6 Å². The van der Waals surface area contributed by atoms with Gasteiger partial charge in [-0.2, -0.15) is 0 Å². The van der Waals surface area contributed by atoms with Crippen molar-refractivity contribution >= 4 is 22.8 Å². The van der Waals surface area contributed by atoms with E-state index >= 15 is 0 Å². The summed E-state index contributed by atoms with van der Waals surface area (Å²) in [5.74, 6) is -0.275. The summed E-state index contributed by atoms with van der Waals surface area (Å²) >= 11 is 0. The summed E-state index contributed by atoms with van der Waals surface area (Å²) in [6.07, 6.45) is 0. The molecule has 0 bridgehead atoms. The van der Waals surface area contributed by atoms with Crippen LogP contribution in [-0.2, 0) is 9.59 Å². The van der Waals surface area contributed by atoms with Crippen molar-refractivity contribution in [2.45, 2.75) is 19.9 Å². The number of hydrogen-bond donors (Lipinski definition) is 1. The van der Waals surface area contributed by atoms with Gasteiger partial charge in [0.1, 0.15) is 11.3 Å². The van der Waals surface area contributed by atoms with E-state index < -0.39 is 6.04 Å². The third-order valence-electron chi connectivity index (χ3n) is 4.25. The highest BCUT2D eigenvalue weighted by Crippen LogP contribution is 2.28. The summed E-state index contributed by atoms with van der Waals surface area (Å²) in [6.45, 7) is 3.71. The van der Waals surface area contributed by atoms with E-state index in [9.17, 15) is 9.59 Å². The molecular weight excluding hydrogens is 268 g/mol. The first kappa shape index (κ1) is 13.8. The van der Waals surface area contributed by atoms with Crippen molar-refractivity contribution < 1.29 is 14.0 Å². The normalized spacial score (nSPS) is 24.0. The number of rotatable bonds is 3. The molecule has 1 saturated heterocycles. The molecule has 0 saturated carbocycles. The van der Waals surface area contributed by atoms with Crippen molar-refractivity contribution in [1.82, 2.24) is 4.90 Å². The Labute approximate surface area is 122 Å². The van der Waals surface area contributed by atoms with E-state index in [4.69, 9.17) is 10.2 Å². The Hall–Kier alpha value is -2.14. The summed E-state index contributed by atoms with van der Waals surface area (Å²) < 4.78 is 5.69. The predicted octanol–water partition coefficient (Wildman–Crippen LogP) is 2.07. The van der Waals surface area contributed by atoms with Crippen LogP contribution in [0.15, 0.2) is 34.7 Å². The fourth-order valence-corrected chi connectivity index (χ4v) is 2.68. The zero-order valence-corrected chi connectivity index (χ0v) is 12.1. The van der Waals surface area contributed by atoms with E-state index in [1.165, 1.54) is 4.90 Å². The molecule has 110 valence electrons. The Morgan fingerprint density at radius 2 is 1.81 bits per heavy atom. The highest BCUT2D eigenvalue weighted by Gasteiger charge is 2.42. The first-order valence-electron chi connectivity index (χ1n) is 7.08. The Kier molecular flexibility index (Phi) is 3.29. The molecule has 1 aliphatic rings. The van der Waals surface area contributed by atoms with Gasteiger partial charge in [-0.05, 0) is 12.1 Å². The lowest BCUT2D eigenvalue weighted by molar-refractivity contribution is -0.140. The number of likely N-dealkylation sites (tertiary alicyclic amines) is 1. The first-order valence-corrected chi connectivity index (χ1v) is 7.08. The molecule has 1 fully saturated rings. The zero-order chi connectivity index (χ0) is 15.1. The molecule has 3 rings (SSSR count). The SMILES string of the molecule is CC1C(=O)N(CC(N)c2cc3ccccc3o2)C(=O)C1C. The van der Waals surface area contributed by atoms with Gasteiger partial charge in [0.15, 0.2) is 0 Å². The second-order valence-electron chi connectivity index (χ2n) is 5.66. The smallest absolute Gasteiger partial charge is 0.232 e. The summed E-state index contributed by atoms with van der Waals surface area (Å²) in [5, 5.41) is 0.962. The number of carbonyl (C=O) groups excluding carboxylic acids is 2. The van der Waals surface area contributed by atoms with Crippen LogP contribution in [0.2, 0.25) is 0 Å². The number of furan rings is 1. The number of nitrogens with two attached hydrogens (primary N) is 1. The Balaban J connectivity index is 1.81. The van der Waals surface area contributed by atoms with E-state index in [1.807, 2.05) is 30.3 Å². The largest absolute Gasteiger partial charge is 0.459 e. The lowest BCUT2D eigenvalue weighted by Crippen LogP contribution is -2.37. The molecular formula is C16H18N2O3. The molecule has 1 aliphatic heterocycles. The van der Waals surface area contributed by atoms with Gasteiger partial charge in [-0.15, -0.1) is 0 Å². The van der Waals surface area contributed by atoms with Crippen LogP contribution >= 0.6 is 0 Å². The molecule has 3 unspecified atom stereocenters. The maximum Gasteiger partial charge on any atom is 0.232 e. The van der Waals surface area contributed by atoms with E-state index in [0.717, 1.165) is 11.0 Å². The number of imide groups is 1. The number of benzene rings is 1. The number of nitrogens with zero attached hydrogens (tertiary/aromatic N) is 1. The maximum atomic E-state index is 12.1. The minimum atomic E-state index is -0.511. The van der Waals surface area contributed by atoms with Gasteiger partial charge in [0.2, 0.25) is 11.8 Å². The van der Waals surface area contributed by atoms with Crippen molar-refractivity contribution in [2.75, 3.05) is 6.54 Å². The fraction of sp³-hybridized carbons (Fsp3) is 0.375. The van der Waals surface area contributed by atoms with Gasteiger partial charge in [0.25, 0.3) is 0 Å². The van der Waals surface area contributed by atoms with Gasteiger partial charge < -0.3 is 10.2 Å². The Morgan fingerprint density at radius 3 is 2.43 bits per heavy atom. The van der Waals surface area contributed by atoms with Gasteiger partial charge in [-0.25, -0.2) is 0 Å². The van der Waals surface area contributed by atoms with E-state index in [-0.39, 0.29) is 30.2 Å². The van der Waals surface area contributed by atoms with Crippen molar-refractivity contribution in [3.8, 4) is 0 Å². The van der Waals surface area contributed by atoms with Crippen LogP contribution in [0, 0.1) is 11.8 Å². The predicted molar refractivity (Wildman–Crippen MR) is 78.2 cm³/mol. The molecule has 1 aromatic heterocycles. The number of hydrogen-bond acceptors (Lipinski definition) is 4. The lowest BCUT2D eigenvalue weighted by atomic mass is 10.00.